The monoisotopic (exact) mass is 323 g/mol. The van der Waals surface area contributed by atoms with E-state index in [0.29, 0.717) is 11.6 Å². The van der Waals surface area contributed by atoms with E-state index in [1.807, 2.05) is 12.1 Å². The molecule has 1 saturated heterocycles. The summed E-state index contributed by atoms with van der Waals surface area (Å²) in [4.78, 5) is 13.6. The highest BCUT2D eigenvalue weighted by Gasteiger charge is 2.35. The van der Waals surface area contributed by atoms with Gasteiger partial charge in [0.15, 0.2) is 0 Å². The molecule has 1 aliphatic heterocycles. The van der Waals surface area contributed by atoms with E-state index in [0.717, 1.165) is 22.6 Å². The highest BCUT2D eigenvalue weighted by molar-refractivity contribution is 9.10. The number of halogens is 1. The molecule has 102 valence electrons. The number of carboxylic acids is 1. The standard InChI is InChI=1S/C15H18BrNO2/c16-12-7-11(15(18)19)8-13(9-12)17-6-2-4-10-3-1-5-14(10)17/h7-10,14H,1-6H2,(H,18,19). The summed E-state index contributed by atoms with van der Waals surface area (Å²) < 4.78 is 0.850. The number of carboxylic acid groups (broad SMARTS) is 1. The summed E-state index contributed by atoms with van der Waals surface area (Å²) in [6.45, 7) is 1.05. The normalized spacial score (nSPS) is 26.3. The Morgan fingerprint density at radius 1 is 1.21 bits per heavy atom. The number of aromatic carboxylic acids is 1. The molecule has 4 heteroatoms. The molecule has 2 aliphatic rings. The van der Waals surface area contributed by atoms with Gasteiger partial charge in [-0.2, -0.15) is 0 Å². The zero-order valence-corrected chi connectivity index (χ0v) is 12.4. The van der Waals surface area contributed by atoms with Gasteiger partial charge in [-0.3, -0.25) is 0 Å². The van der Waals surface area contributed by atoms with E-state index < -0.39 is 5.97 Å². The van der Waals surface area contributed by atoms with Crippen LogP contribution in [0.5, 0.6) is 0 Å². The zero-order chi connectivity index (χ0) is 13.4. The van der Waals surface area contributed by atoms with E-state index in [4.69, 9.17) is 0 Å². The molecule has 1 heterocycles. The van der Waals surface area contributed by atoms with Crippen LogP contribution in [-0.4, -0.2) is 23.7 Å². The van der Waals surface area contributed by atoms with Crippen molar-refractivity contribution in [2.75, 3.05) is 11.4 Å². The molecular formula is C15H18BrNO2. The first kappa shape index (κ1) is 13.0. The average Bonchev–Trinajstić information content (AvgIpc) is 2.85. The first-order valence-corrected chi connectivity index (χ1v) is 7.75. The smallest absolute Gasteiger partial charge is 0.335 e. The Balaban J connectivity index is 1.94. The summed E-state index contributed by atoms with van der Waals surface area (Å²) in [5.74, 6) is -0.0523. The second kappa shape index (κ2) is 5.16. The fourth-order valence-corrected chi connectivity index (χ4v) is 4.12. The fraction of sp³-hybridized carbons (Fsp3) is 0.533. The van der Waals surface area contributed by atoms with Gasteiger partial charge in [0.1, 0.15) is 0 Å². The summed E-state index contributed by atoms with van der Waals surface area (Å²) in [5, 5.41) is 9.18. The molecule has 0 radical (unpaired) electrons. The Morgan fingerprint density at radius 2 is 2.00 bits per heavy atom. The van der Waals surface area contributed by atoms with Crippen LogP contribution >= 0.6 is 15.9 Å². The van der Waals surface area contributed by atoms with Crippen LogP contribution in [0.15, 0.2) is 22.7 Å². The molecule has 2 atom stereocenters. The Bertz CT molecular complexity index is 503. The first-order valence-electron chi connectivity index (χ1n) is 6.95. The van der Waals surface area contributed by atoms with Crippen LogP contribution in [0, 0.1) is 5.92 Å². The van der Waals surface area contributed by atoms with Gasteiger partial charge in [-0.15, -0.1) is 0 Å². The van der Waals surface area contributed by atoms with Crippen LogP contribution in [0.4, 0.5) is 5.69 Å². The Kier molecular flexibility index (Phi) is 3.52. The molecular weight excluding hydrogens is 306 g/mol. The second-order valence-corrected chi connectivity index (χ2v) is 6.51. The molecule has 0 bridgehead atoms. The third-order valence-electron chi connectivity index (χ3n) is 4.45. The molecule has 3 nitrogen and oxygen atoms in total. The van der Waals surface area contributed by atoms with Crippen molar-refractivity contribution in [1.29, 1.82) is 0 Å². The minimum absolute atomic E-state index is 0.365. The van der Waals surface area contributed by atoms with E-state index in [1.54, 1.807) is 6.07 Å². The number of piperidine rings is 1. The lowest BCUT2D eigenvalue weighted by molar-refractivity contribution is 0.0697. The van der Waals surface area contributed by atoms with Gasteiger partial charge in [0.05, 0.1) is 5.56 Å². The first-order chi connectivity index (χ1) is 9.15. The third-order valence-corrected chi connectivity index (χ3v) is 4.91. The lowest BCUT2D eigenvalue weighted by Crippen LogP contribution is -2.42. The van der Waals surface area contributed by atoms with E-state index >= 15 is 0 Å². The van der Waals surface area contributed by atoms with Gasteiger partial charge in [-0.05, 0) is 49.8 Å². The van der Waals surface area contributed by atoms with Gasteiger partial charge < -0.3 is 10.0 Å². The number of benzene rings is 1. The molecule has 0 spiro atoms. The molecule has 1 aliphatic carbocycles. The van der Waals surface area contributed by atoms with Gasteiger partial charge in [0, 0.05) is 22.7 Å². The lowest BCUT2D eigenvalue weighted by atomic mass is 9.91. The van der Waals surface area contributed by atoms with Gasteiger partial charge >= 0.3 is 5.97 Å². The predicted octanol–water partition coefficient (Wildman–Crippen LogP) is 3.92. The topological polar surface area (TPSA) is 40.5 Å². The maximum absolute atomic E-state index is 11.2. The number of fused-ring (bicyclic) bond motifs is 1. The second-order valence-electron chi connectivity index (χ2n) is 5.60. The van der Waals surface area contributed by atoms with Crippen molar-refractivity contribution in [3.63, 3.8) is 0 Å². The molecule has 0 aromatic heterocycles. The Labute approximate surface area is 121 Å². The summed E-state index contributed by atoms with van der Waals surface area (Å²) in [6.07, 6.45) is 6.45. The van der Waals surface area contributed by atoms with Crippen molar-refractivity contribution >= 4 is 27.6 Å². The predicted molar refractivity (Wildman–Crippen MR) is 78.8 cm³/mol. The molecule has 19 heavy (non-hydrogen) atoms. The number of hydrogen-bond acceptors (Lipinski definition) is 2. The van der Waals surface area contributed by atoms with Crippen LogP contribution in [0.1, 0.15) is 42.5 Å². The van der Waals surface area contributed by atoms with E-state index in [9.17, 15) is 9.90 Å². The van der Waals surface area contributed by atoms with E-state index in [-0.39, 0.29) is 0 Å². The highest BCUT2D eigenvalue weighted by Crippen LogP contribution is 2.39. The molecule has 1 saturated carbocycles. The van der Waals surface area contributed by atoms with Crippen molar-refractivity contribution in [3.8, 4) is 0 Å². The summed E-state index contributed by atoms with van der Waals surface area (Å²) in [5.41, 5.74) is 1.42. The molecule has 2 fully saturated rings. The van der Waals surface area contributed by atoms with E-state index in [1.165, 1.54) is 32.1 Å². The number of anilines is 1. The Morgan fingerprint density at radius 3 is 2.79 bits per heavy atom. The maximum Gasteiger partial charge on any atom is 0.335 e. The zero-order valence-electron chi connectivity index (χ0n) is 10.8. The molecule has 1 aromatic carbocycles. The molecule has 1 N–H and O–H groups in total. The van der Waals surface area contributed by atoms with Crippen LogP contribution in [0.2, 0.25) is 0 Å². The lowest BCUT2D eigenvalue weighted by Gasteiger charge is -2.39. The number of hydrogen-bond donors (Lipinski definition) is 1. The molecule has 2 unspecified atom stereocenters. The third kappa shape index (κ3) is 2.50. The van der Waals surface area contributed by atoms with Crippen LogP contribution in [-0.2, 0) is 0 Å². The van der Waals surface area contributed by atoms with Crippen molar-refractivity contribution in [2.24, 2.45) is 5.92 Å². The quantitative estimate of drug-likeness (QED) is 0.896. The van der Waals surface area contributed by atoms with E-state index in [2.05, 4.69) is 20.8 Å². The van der Waals surface area contributed by atoms with Crippen LogP contribution in [0.3, 0.4) is 0 Å². The number of nitrogens with zero attached hydrogens (tertiary/aromatic N) is 1. The maximum atomic E-state index is 11.2. The Hall–Kier alpha value is -1.03. The van der Waals surface area contributed by atoms with Gasteiger partial charge in [-0.1, -0.05) is 22.4 Å². The van der Waals surface area contributed by atoms with Gasteiger partial charge in [-0.25, -0.2) is 4.79 Å². The van der Waals surface area contributed by atoms with Crippen molar-refractivity contribution in [2.45, 2.75) is 38.1 Å². The SMILES string of the molecule is O=C(O)c1cc(Br)cc(N2CCCC3CCCC32)c1. The fourth-order valence-electron chi connectivity index (χ4n) is 3.64. The largest absolute Gasteiger partial charge is 0.478 e. The van der Waals surface area contributed by atoms with Crippen LogP contribution in [0.25, 0.3) is 0 Å². The van der Waals surface area contributed by atoms with Gasteiger partial charge in [0.25, 0.3) is 0 Å². The van der Waals surface area contributed by atoms with Gasteiger partial charge in [0.2, 0.25) is 0 Å². The number of carbonyl (C=O) groups is 1. The summed E-state index contributed by atoms with van der Waals surface area (Å²) >= 11 is 3.43. The van der Waals surface area contributed by atoms with Crippen LogP contribution < -0.4 is 4.90 Å². The highest BCUT2D eigenvalue weighted by atomic mass is 79.9. The number of rotatable bonds is 2. The summed E-state index contributed by atoms with van der Waals surface area (Å²) in [7, 11) is 0. The van der Waals surface area contributed by atoms with Crippen molar-refractivity contribution in [1.82, 2.24) is 0 Å². The van der Waals surface area contributed by atoms with Crippen molar-refractivity contribution in [3.05, 3.63) is 28.2 Å². The summed E-state index contributed by atoms with van der Waals surface area (Å²) in [6, 6.07) is 6.15. The van der Waals surface area contributed by atoms with Crippen molar-refractivity contribution < 1.29 is 9.90 Å². The minimum atomic E-state index is -0.859. The molecule has 3 rings (SSSR count). The average molecular weight is 324 g/mol. The minimum Gasteiger partial charge on any atom is -0.478 e. The molecule has 0 amide bonds. The molecule has 1 aromatic rings.